The van der Waals surface area contributed by atoms with Gasteiger partial charge in [-0.25, -0.2) is 0 Å². The molecule has 0 amide bonds. The van der Waals surface area contributed by atoms with Crippen molar-refractivity contribution in [3.8, 4) is 11.5 Å². The molecule has 1 unspecified atom stereocenters. The molecule has 5 nitrogen and oxygen atoms in total. The van der Waals surface area contributed by atoms with Crippen LogP contribution in [0.4, 0.5) is 0 Å². The highest BCUT2D eigenvalue weighted by Gasteiger charge is 2.53. The van der Waals surface area contributed by atoms with E-state index in [2.05, 4.69) is 30.2 Å². The minimum absolute atomic E-state index is 0.0333. The van der Waals surface area contributed by atoms with E-state index in [1.807, 2.05) is 19.9 Å². The Balaban J connectivity index is 1.74. The molecule has 0 radical (unpaired) electrons. The number of carbonyl (C=O) groups is 1. The Morgan fingerprint density at radius 3 is 2.92 bits per heavy atom. The monoisotopic (exact) mass is 357 g/mol. The predicted octanol–water partition coefficient (Wildman–Crippen LogP) is 3.06. The summed E-state index contributed by atoms with van der Waals surface area (Å²) in [6, 6.07) is 4.16. The quantitative estimate of drug-likeness (QED) is 0.615. The van der Waals surface area contributed by atoms with Gasteiger partial charge in [-0.2, -0.15) is 0 Å². The number of nitrogens with zero attached hydrogens (tertiary/aromatic N) is 1. The van der Waals surface area contributed by atoms with Crippen LogP contribution >= 0.6 is 0 Å². The summed E-state index contributed by atoms with van der Waals surface area (Å²) in [6.07, 6.45) is 5.69. The molecule has 0 bridgehead atoms. The molecule has 0 aromatic heterocycles. The number of benzene rings is 1. The largest absolute Gasteiger partial charge is 0.493 e. The summed E-state index contributed by atoms with van der Waals surface area (Å²) in [5.41, 5.74) is 2.40. The Kier molecular flexibility index (Phi) is 4.22. The van der Waals surface area contributed by atoms with Crippen LogP contribution in [-0.2, 0) is 21.5 Å². The van der Waals surface area contributed by atoms with Gasteiger partial charge in [-0.15, -0.1) is 0 Å². The highest BCUT2D eigenvalue weighted by Crippen LogP contribution is 2.55. The van der Waals surface area contributed by atoms with Crippen LogP contribution in [0.25, 0.3) is 0 Å². The zero-order valence-electron chi connectivity index (χ0n) is 16.0. The van der Waals surface area contributed by atoms with Gasteiger partial charge in [-0.05, 0) is 37.7 Å². The number of ether oxygens (including phenoxy) is 3. The Bertz CT molecular complexity index is 757. The molecule has 2 aliphatic heterocycles. The molecule has 4 rings (SSSR count). The second-order valence-electron chi connectivity index (χ2n) is 7.99. The summed E-state index contributed by atoms with van der Waals surface area (Å²) in [5.74, 6) is 1.36. The Labute approximate surface area is 154 Å². The minimum atomic E-state index is -0.231. The van der Waals surface area contributed by atoms with Crippen molar-refractivity contribution in [3.05, 3.63) is 35.4 Å². The Morgan fingerprint density at radius 1 is 1.38 bits per heavy atom. The first kappa shape index (κ1) is 17.4. The van der Waals surface area contributed by atoms with E-state index in [4.69, 9.17) is 14.2 Å². The molecule has 140 valence electrons. The number of esters is 1. The normalized spacial score (nSPS) is 29.6. The lowest BCUT2D eigenvalue weighted by atomic mass is 9.69. The van der Waals surface area contributed by atoms with Gasteiger partial charge < -0.3 is 19.1 Å². The van der Waals surface area contributed by atoms with Gasteiger partial charge in [0, 0.05) is 18.5 Å². The van der Waals surface area contributed by atoms with Crippen molar-refractivity contribution in [2.75, 3.05) is 20.7 Å². The molecule has 0 fully saturated rings. The van der Waals surface area contributed by atoms with E-state index < -0.39 is 0 Å². The first-order chi connectivity index (χ1) is 12.4. The van der Waals surface area contributed by atoms with E-state index in [1.54, 1.807) is 7.11 Å². The molecular weight excluding hydrogens is 330 g/mol. The van der Waals surface area contributed by atoms with Crippen LogP contribution in [0.3, 0.4) is 0 Å². The van der Waals surface area contributed by atoms with Gasteiger partial charge in [0.2, 0.25) is 0 Å². The van der Waals surface area contributed by atoms with Crippen LogP contribution in [0.2, 0.25) is 0 Å². The maximum absolute atomic E-state index is 12.0. The standard InChI is InChI=1S/C21H27NO4/c1-13(2)20(23)25-15-7-8-21-9-10-22(3)12-14-5-6-16(24-4)19(18(14)21)26-17(21)11-15/h5-8,13,15,17H,9-12H2,1-4H3/t15-,17-,21?/m0/s1. The van der Waals surface area contributed by atoms with E-state index in [-0.39, 0.29) is 29.5 Å². The van der Waals surface area contributed by atoms with Gasteiger partial charge in [0.15, 0.2) is 11.5 Å². The lowest BCUT2D eigenvalue weighted by Crippen LogP contribution is -2.44. The third-order valence-electron chi connectivity index (χ3n) is 5.87. The molecule has 3 atom stereocenters. The van der Waals surface area contributed by atoms with E-state index in [9.17, 15) is 4.79 Å². The first-order valence-electron chi connectivity index (χ1n) is 9.40. The molecule has 26 heavy (non-hydrogen) atoms. The maximum Gasteiger partial charge on any atom is 0.308 e. The van der Waals surface area contributed by atoms with Crippen molar-refractivity contribution in [1.82, 2.24) is 4.90 Å². The average molecular weight is 357 g/mol. The van der Waals surface area contributed by atoms with Crippen LogP contribution in [0.1, 0.15) is 37.8 Å². The van der Waals surface area contributed by atoms with Crippen molar-refractivity contribution in [1.29, 1.82) is 0 Å². The predicted molar refractivity (Wildman–Crippen MR) is 98.5 cm³/mol. The lowest BCUT2D eigenvalue weighted by molar-refractivity contribution is -0.152. The molecule has 1 aliphatic carbocycles. The molecule has 0 saturated carbocycles. The van der Waals surface area contributed by atoms with Crippen LogP contribution in [0, 0.1) is 5.92 Å². The van der Waals surface area contributed by atoms with Gasteiger partial charge in [-0.3, -0.25) is 4.79 Å². The third kappa shape index (κ3) is 2.60. The van der Waals surface area contributed by atoms with Crippen LogP contribution in [-0.4, -0.2) is 43.8 Å². The summed E-state index contributed by atoms with van der Waals surface area (Å²) in [6.45, 7) is 5.62. The molecular formula is C21H27NO4. The molecule has 1 aromatic rings. The number of carbonyl (C=O) groups excluding carboxylic acids is 1. The van der Waals surface area contributed by atoms with Crippen molar-refractivity contribution in [2.24, 2.45) is 5.92 Å². The fraction of sp³-hybridized carbons (Fsp3) is 0.571. The fourth-order valence-electron chi connectivity index (χ4n) is 4.44. The second kappa shape index (κ2) is 6.31. The zero-order chi connectivity index (χ0) is 18.5. The van der Waals surface area contributed by atoms with Crippen molar-refractivity contribution in [2.45, 2.75) is 50.9 Å². The molecule has 1 spiro atoms. The maximum atomic E-state index is 12.0. The Hall–Kier alpha value is -2.01. The average Bonchev–Trinajstić information content (AvgIpc) is 2.87. The molecule has 3 aliphatic rings. The van der Waals surface area contributed by atoms with E-state index in [0.29, 0.717) is 6.42 Å². The number of hydrogen-bond acceptors (Lipinski definition) is 5. The highest BCUT2D eigenvalue weighted by atomic mass is 16.6. The summed E-state index contributed by atoms with van der Waals surface area (Å²) in [7, 11) is 3.84. The molecule has 1 aromatic carbocycles. The highest BCUT2D eigenvalue weighted by molar-refractivity contribution is 5.72. The smallest absolute Gasteiger partial charge is 0.308 e. The van der Waals surface area contributed by atoms with Gasteiger partial charge >= 0.3 is 5.97 Å². The molecule has 5 heteroatoms. The van der Waals surface area contributed by atoms with Crippen molar-refractivity contribution in [3.63, 3.8) is 0 Å². The van der Waals surface area contributed by atoms with Crippen LogP contribution < -0.4 is 9.47 Å². The topological polar surface area (TPSA) is 48.0 Å². The van der Waals surface area contributed by atoms with Gasteiger partial charge in [0.25, 0.3) is 0 Å². The van der Waals surface area contributed by atoms with Crippen molar-refractivity contribution >= 4 is 5.97 Å². The summed E-state index contributed by atoms with van der Waals surface area (Å²) >= 11 is 0. The van der Waals surface area contributed by atoms with Gasteiger partial charge in [0.05, 0.1) is 18.4 Å². The number of hydrogen-bond donors (Lipinski definition) is 0. The summed E-state index contributed by atoms with van der Waals surface area (Å²) < 4.78 is 17.7. The van der Waals surface area contributed by atoms with Crippen molar-refractivity contribution < 1.29 is 19.0 Å². The summed E-state index contributed by atoms with van der Waals surface area (Å²) in [5, 5.41) is 0. The Morgan fingerprint density at radius 2 is 2.19 bits per heavy atom. The molecule has 0 saturated heterocycles. The first-order valence-corrected chi connectivity index (χ1v) is 9.40. The van der Waals surface area contributed by atoms with Crippen LogP contribution in [0.15, 0.2) is 24.3 Å². The number of rotatable bonds is 3. The lowest BCUT2D eigenvalue weighted by Gasteiger charge is -2.36. The summed E-state index contributed by atoms with van der Waals surface area (Å²) in [4.78, 5) is 14.4. The fourth-order valence-corrected chi connectivity index (χ4v) is 4.44. The van der Waals surface area contributed by atoms with E-state index in [0.717, 1.165) is 31.0 Å². The SMILES string of the molecule is COc1ccc2c3c1O[C@H]1C[C@@H](OC(=O)C(C)C)C=CC31CCN(C)C2. The molecule has 0 N–H and O–H groups in total. The third-order valence-corrected chi connectivity index (χ3v) is 5.87. The van der Waals surface area contributed by atoms with Crippen LogP contribution in [0.5, 0.6) is 11.5 Å². The second-order valence-corrected chi connectivity index (χ2v) is 7.99. The van der Waals surface area contributed by atoms with Gasteiger partial charge in [-0.1, -0.05) is 26.0 Å². The van der Waals surface area contributed by atoms with E-state index in [1.165, 1.54) is 11.1 Å². The number of methoxy groups -OCH3 is 1. The minimum Gasteiger partial charge on any atom is -0.493 e. The van der Waals surface area contributed by atoms with Gasteiger partial charge in [0.1, 0.15) is 12.2 Å². The zero-order valence-corrected chi connectivity index (χ0v) is 16.0. The van der Waals surface area contributed by atoms with E-state index >= 15 is 0 Å². The molecule has 2 heterocycles.